The maximum atomic E-state index is 13.4. The van der Waals surface area contributed by atoms with Crippen molar-refractivity contribution in [3.8, 4) is 11.8 Å². The van der Waals surface area contributed by atoms with Gasteiger partial charge >= 0.3 is 0 Å². The maximum Gasteiger partial charge on any atom is 0.165 e. The number of hydrogen-bond acceptors (Lipinski definition) is 2. The Morgan fingerprint density at radius 1 is 1.53 bits per heavy atom. The third-order valence-electron chi connectivity index (χ3n) is 2.31. The highest BCUT2D eigenvalue weighted by atomic mass is 19.1. The van der Waals surface area contributed by atoms with E-state index in [0.29, 0.717) is 0 Å². The van der Waals surface area contributed by atoms with E-state index >= 15 is 0 Å². The molecule has 0 radical (unpaired) electrons. The molecule has 2 nitrogen and oxygen atoms in total. The molecule has 1 rings (SSSR count). The van der Waals surface area contributed by atoms with Crippen molar-refractivity contribution in [2.24, 2.45) is 0 Å². The fraction of sp³-hybridized carbons (Fsp3) is 0.417. The molecule has 0 aliphatic rings. The molecule has 0 amide bonds. The smallest absolute Gasteiger partial charge is 0.165 e. The van der Waals surface area contributed by atoms with Crippen molar-refractivity contribution < 1.29 is 9.13 Å². The molecule has 0 heterocycles. The fourth-order valence-electron chi connectivity index (χ4n) is 1.49. The number of nitriles is 1. The second-order valence-electron chi connectivity index (χ2n) is 3.36. The number of nitrogens with zero attached hydrogens (tertiary/aromatic N) is 1. The molecule has 0 saturated heterocycles. The lowest BCUT2D eigenvalue weighted by molar-refractivity contribution is 0.386. The van der Waals surface area contributed by atoms with Crippen LogP contribution in [0, 0.1) is 17.1 Å². The summed E-state index contributed by atoms with van der Waals surface area (Å²) in [5.74, 6) is -0.423. The van der Waals surface area contributed by atoms with Gasteiger partial charge in [-0.05, 0) is 24.1 Å². The van der Waals surface area contributed by atoms with Gasteiger partial charge in [0.25, 0.3) is 0 Å². The van der Waals surface area contributed by atoms with Crippen molar-refractivity contribution in [3.63, 3.8) is 0 Å². The zero-order valence-electron chi connectivity index (χ0n) is 8.96. The van der Waals surface area contributed by atoms with Gasteiger partial charge < -0.3 is 4.74 Å². The molecule has 1 aromatic carbocycles. The third-order valence-corrected chi connectivity index (χ3v) is 2.31. The Balaban J connectivity index is 2.96. The van der Waals surface area contributed by atoms with Crippen LogP contribution in [0.25, 0.3) is 0 Å². The molecule has 0 aliphatic carbocycles. The Bertz CT molecular complexity index is 370. The maximum absolute atomic E-state index is 13.4. The van der Waals surface area contributed by atoms with Crippen molar-refractivity contribution in [1.82, 2.24) is 0 Å². The third kappa shape index (κ3) is 2.69. The van der Waals surface area contributed by atoms with E-state index < -0.39 is 5.82 Å². The van der Waals surface area contributed by atoms with Gasteiger partial charge in [0, 0.05) is 0 Å². The molecule has 80 valence electrons. The Kier molecular flexibility index (Phi) is 4.11. The minimum absolute atomic E-state index is 0.215. The molecule has 0 spiro atoms. The van der Waals surface area contributed by atoms with Crippen molar-refractivity contribution in [3.05, 3.63) is 29.6 Å². The Hall–Kier alpha value is -1.56. The molecule has 0 fully saturated rings. The van der Waals surface area contributed by atoms with Gasteiger partial charge in [-0.25, -0.2) is 4.39 Å². The second kappa shape index (κ2) is 5.35. The first-order chi connectivity index (χ1) is 7.22. The van der Waals surface area contributed by atoms with Gasteiger partial charge in [0.15, 0.2) is 11.6 Å². The van der Waals surface area contributed by atoms with E-state index in [-0.39, 0.29) is 11.7 Å². The van der Waals surface area contributed by atoms with Crippen LogP contribution in [-0.2, 0) is 0 Å². The Morgan fingerprint density at radius 2 is 2.27 bits per heavy atom. The summed E-state index contributed by atoms with van der Waals surface area (Å²) in [7, 11) is 1.42. The van der Waals surface area contributed by atoms with E-state index in [1.165, 1.54) is 13.2 Å². The summed E-state index contributed by atoms with van der Waals surface area (Å²) in [4.78, 5) is 0. The minimum Gasteiger partial charge on any atom is -0.494 e. The SMILES string of the molecule is CCCC(C#N)c1ccc(OC)c(F)c1. The number of rotatable bonds is 4. The van der Waals surface area contributed by atoms with Gasteiger partial charge in [0.05, 0.1) is 19.1 Å². The highest BCUT2D eigenvalue weighted by Crippen LogP contribution is 2.25. The highest BCUT2D eigenvalue weighted by molar-refractivity contribution is 5.33. The summed E-state index contributed by atoms with van der Waals surface area (Å²) in [6.45, 7) is 2.00. The summed E-state index contributed by atoms with van der Waals surface area (Å²) in [6, 6.07) is 6.86. The summed E-state index contributed by atoms with van der Waals surface area (Å²) >= 11 is 0. The molecular weight excluding hydrogens is 193 g/mol. The number of hydrogen-bond donors (Lipinski definition) is 0. The monoisotopic (exact) mass is 207 g/mol. The lowest BCUT2D eigenvalue weighted by Gasteiger charge is -2.09. The summed E-state index contributed by atoms with van der Waals surface area (Å²) < 4.78 is 18.2. The molecule has 15 heavy (non-hydrogen) atoms. The van der Waals surface area contributed by atoms with E-state index in [1.54, 1.807) is 12.1 Å². The highest BCUT2D eigenvalue weighted by Gasteiger charge is 2.12. The predicted octanol–water partition coefficient (Wildman–Crippen LogP) is 3.24. The summed E-state index contributed by atoms with van der Waals surface area (Å²) in [5.41, 5.74) is 0.720. The summed E-state index contributed by atoms with van der Waals surface area (Å²) in [5, 5.41) is 8.92. The Labute approximate surface area is 89.3 Å². The average Bonchev–Trinajstić information content (AvgIpc) is 2.25. The number of ether oxygens (including phenoxy) is 1. The molecule has 1 unspecified atom stereocenters. The molecule has 1 aromatic rings. The van der Waals surface area contributed by atoms with Crippen LogP contribution >= 0.6 is 0 Å². The van der Waals surface area contributed by atoms with Gasteiger partial charge in [-0.2, -0.15) is 5.26 Å². The fourth-order valence-corrected chi connectivity index (χ4v) is 1.49. The van der Waals surface area contributed by atoms with Crippen LogP contribution in [-0.4, -0.2) is 7.11 Å². The quantitative estimate of drug-likeness (QED) is 0.759. The predicted molar refractivity (Wildman–Crippen MR) is 56.2 cm³/mol. The first kappa shape index (κ1) is 11.5. The van der Waals surface area contributed by atoms with Crippen LogP contribution < -0.4 is 4.74 Å². The van der Waals surface area contributed by atoms with Gasteiger partial charge in [-0.1, -0.05) is 19.4 Å². The molecule has 0 N–H and O–H groups in total. The van der Waals surface area contributed by atoms with Crippen LogP contribution in [0.4, 0.5) is 4.39 Å². The second-order valence-corrected chi connectivity index (χ2v) is 3.36. The van der Waals surface area contributed by atoms with E-state index in [9.17, 15) is 4.39 Å². The topological polar surface area (TPSA) is 33.0 Å². The van der Waals surface area contributed by atoms with E-state index in [1.807, 2.05) is 6.92 Å². The number of halogens is 1. The van der Waals surface area contributed by atoms with Crippen LogP contribution in [0.1, 0.15) is 31.2 Å². The molecule has 0 bridgehead atoms. The summed E-state index contributed by atoms with van der Waals surface area (Å²) in [6.07, 6.45) is 1.66. The van der Waals surface area contributed by atoms with E-state index in [4.69, 9.17) is 10.00 Å². The molecule has 0 aromatic heterocycles. The normalized spacial score (nSPS) is 11.9. The van der Waals surface area contributed by atoms with Crippen LogP contribution in [0.3, 0.4) is 0 Å². The van der Waals surface area contributed by atoms with Gasteiger partial charge in [-0.15, -0.1) is 0 Å². The standard InChI is InChI=1S/C12H14FNO/c1-3-4-10(8-14)9-5-6-12(15-2)11(13)7-9/h5-7,10H,3-4H2,1-2H3. The van der Waals surface area contributed by atoms with E-state index in [0.717, 1.165) is 18.4 Å². The molecule has 0 aliphatic heterocycles. The van der Waals surface area contributed by atoms with Gasteiger partial charge in [-0.3, -0.25) is 0 Å². The lowest BCUT2D eigenvalue weighted by atomic mass is 9.96. The number of methoxy groups -OCH3 is 1. The molecule has 1 atom stereocenters. The lowest BCUT2D eigenvalue weighted by Crippen LogP contribution is -1.97. The van der Waals surface area contributed by atoms with Crippen LogP contribution in [0.5, 0.6) is 5.75 Å². The molecule has 0 saturated carbocycles. The van der Waals surface area contributed by atoms with Crippen molar-refractivity contribution in [1.29, 1.82) is 5.26 Å². The largest absolute Gasteiger partial charge is 0.494 e. The van der Waals surface area contributed by atoms with E-state index in [2.05, 4.69) is 6.07 Å². The number of benzene rings is 1. The average molecular weight is 207 g/mol. The zero-order chi connectivity index (χ0) is 11.3. The van der Waals surface area contributed by atoms with Crippen molar-refractivity contribution >= 4 is 0 Å². The van der Waals surface area contributed by atoms with Crippen molar-refractivity contribution in [2.45, 2.75) is 25.7 Å². The van der Waals surface area contributed by atoms with Crippen LogP contribution in [0.2, 0.25) is 0 Å². The van der Waals surface area contributed by atoms with Crippen molar-refractivity contribution in [2.75, 3.05) is 7.11 Å². The first-order valence-corrected chi connectivity index (χ1v) is 4.96. The van der Waals surface area contributed by atoms with Gasteiger partial charge in [0.2, 0.25) is 0 Å². The minimum atomic E-state index is -0.411. The van der Waals surface area contributed by atoms with Gasteiger partial charge in [0.1, 0.15) is 0 Å². The first-order valence-electron chi connectivity index (χ1n) is 4.96. The van der Waals surface area contributed by atoms with Crippen LogP contribution in [0.15, 0.2) is 18.2 Å². The molecule has 3 heteroatoms. The Morgan fingerprint density at radius 3 is 2.73 bits per heavy atom. The zero-order valence-corrected chi connectivity index (χ0v) is 8.96. The molecular formula is C12H14FNO.